The van der Waals surface area contributed by atoms with Gasteiger partial charge in [0.05, 0.1) is 6.10 Å². The number of nitrogens with one attached hydrogen (secondary N) is 2. The number of fused-ring (bicyclic) bond motifs is 2. The van der Waals surface area contributed by atoms with Crippen LogP contribution in [0, 0.1) is 11.3 Å². The summed E-state index contributed by atoms with van der Waals surface area (Å²) in [4.78, 5) is 4.22. The first-order chi connectivity index (χ1) is 7.81. The zero-order valence-electron chi connectivity index (χ0n) is 10.1. The number of nitrogens with zero attached hydrogens (tertiary/aromatic N) is 1. The van der Waals surface area contributed by atoms with Crippen LogP contribution in [0.25, 0.3) is 0 Å². The molecule has 1 saturated heterocycles. The average Bonchev–Trinajstić information content (AvgIpc) is 2.63. The Morgan fingerprint density at radius 1 is 1.44 bits per heavy atom. The van der Waals surface area contributed by atoms with E-state index in [0.717, 1.165) is 12.6 Å². The highest BCUT2D eigenvalue weighted by atomic mass is 16.5. The molecule has 4 nitrogen and oxygen atoms in total. The molecule has 0 amide bonds. The molecule has 4 heteroatoms. The smallest absolute Gasteiger partial charge is 0.190 e. The van der Waals surface area contributed by atoms with Crippen LogP contribution in [0.1, 0.15) is 25.7 Å². The first kappa shape index (κ1) is 10.4. The molecule has 0 radical (unpaired) electrons. The zero-order valence-corrected chi connectivity index (χ0v) is 10.1. The number of hydrogen-bond acceptors (Lipinski definition) is 2. The third kappa shape index (κ3) is 1.16. The van der Waals surface area contributed by atoms with Gasteiger partial charge >= 0.3 is 0 Å². The van der Waals surface area contributed by atoms with Gasteiger partial charge in [-0.15, -0.1) is 0 Å². The minimum absolute atomic E-state index is 0.438. The van der Waals surface area contributed by atoms with Crippen LogP contribution in [-0.2, 0) is 4.74 Å². The van der Waals surface area contributed by atoms with Crippen molar-refractivity contribution in [2.24, 2.45) is 16.3 Å². The summed E-state index contributed by atoms with van der Waals surface area (Å²) in [6.45, 7) is 0.952. The second kappa shape index (κ2) is 3.62. The van der Waals surface area contributed by atoms with E-state index in [1.54, 1.807) is 0 Å². The third-order valence-corrected chi connectivity index (χ3v) is 4.79. The van der Waals surface area contributed by atoms with Gasteiger partial charge in [-0.1, -0.05) is 6.42 Å². The molecule has 1 heterocycles. The van der Waals surface area contributed by atoms with E-state index in [1.165, 1.54) is 25.7 Å². The predicted molar refractivity (Wildman–Crippen MR) is 63.5 cm³/mol. The molecule has 3 atom stereocenters. The minimum Gasteiger partial charge on any atom is -0.377 e. The topological polar surface area (TPSA) is 45.7 Å². The Labute approximate surface area is 96.8 Å². The first-order valence-corrected chi connectivity index (χ1v) is 6.34. The predicted octanol–water partition coefficient (Wildman–Crippen LogP) is 0.739. The maximum Gasteiger partial charge on any atom is 0.190 e. The molecule has 2 saturated carbocycles. The minimum atomic E-state index is 0.438. The molecule has 3 fully saturated rings. The molecule has 3 unspecified atom stereocenters. The summed E-state index contributed by atoms with van der Waals surface area (Å²) in [6, 6.07) is 0.583. The standard InChI is InChI=1S/C12H21N3O/c1-13-11(14-2)15-9-8-4-7-16-10(8)12(9)5-3-6-12/h8-10H,3-7H2,1-2H3,(H2,13,14,15). The van der Waals surface area contributed by atoms with Gasteiger partial charge in [-0.25, -0.2) is 0 Å². The molecule has 1 spiro atoms. The Morgan fingerprint density at radius 3 is 2.81 bits per heavy atom. The number of hydrogen-bond donors (Lipinski definition) is 2. The van der Waals surface area contributed by atoms with Crippen LogP contribution in [0.15, 0.2) is 4.99 Å². The van der Waals surface area contributed by atoms with Gasteiger partial charge in [-0.3, -0.25) is 4.99 Å². The summed E-state index contributed by atoms with van der Waals surface area (Å²) in [5.74, 6) is 1.63. The van der Waals surface area contributed by atoms with E-state index in [4.69, 9.17) is 4.74 Å². The fourth-order valence-corrected chi connectivity index (χ4v) is 3.85. The maximum atomic E-state index is 5.89. The molecule has 0 aromatic rings. The Hall–Kier alpha value is -0.770. The van der Waals surface area contributed by atoms with Crippen LogP contribution >= 0.6 is 0 Å². The quantitative estimate of drug-likeness (QED) is 0.509. The Kier molecular flexibility index (Phi) is 2.35. The van der Waals surface area contributed by atoms with Crippen LogP contribution in [0.5, 0.6) is 0 Å². The van der Waals surface area contributed by atoms with E-state index >= 15 is 0 Å². The van der Waals surface area contributed by atoms with E-state index in [2.05, 4.69) is 15.6 Å². The van der Waals surface area contributed by atoms with Crippen LogP contribution in [0.2, 0.25) is 0 Å². The van der Waals surface area contributed by atoms with Crippen LogP contribution in [0.4, 0.5) is 0 Å². The average molecular weight is 223 g/mol. The second-order valence-corrected chi connectivity index (χ2v) is 5.27. The molecule has 0 aromatic carbocycles. The second-order valence-electron chi connectivity index (χ2n) is 5.27. The fraction of sp³-hybridized carbons (Fsp3) is 0.917. The van der Waals surface area contributed by atoms with Crippen molar-refractivity contribution < 1.29 is 4.74 Å². The monoisotopic (exact) mass is 223 g/mol. The lowest BCUT2D eigenvalue weighted by molar-refractivity contribution is -0.171. The number of ether oxygens (including phenoxy) is 1. The fourth-order valence-electron chi connectivity index (χ4n) is 3.85. The normalized spacial score (nSPS) is 39.9. The highest BCUT2D eigenvalue weighted by Gasteiger charge is 2.66. The molecule has 16 heavy (non-hydrogen) atoms. The van der Waals surface area contributed by atoms with Gasteiger partial charge in [-0.2, -0.15) is 0 Å². The summed E-state index contributed by atoms with van der Waals surface area (Å²) >= 11 is 0. The summed E-state index contributed by atoms with van der Waals surface area (Å²) in [6.07, 6.45) is 5.76. The van der Waals surface area contributed by atoms with Gasteiger partial charge in [-0.05, 0) is 19.3 Å². The van der Waals surface area contributed by atoms with Gasteiger partial charge in [0, 0.05) is 38.1 Å². The molecule has 0 aromatic heterocycles. The van der Waals surface area contributed by atoms with Crippen LogP contribution < -0.4 is 10.6 Å². The van der Waals surface area contributed by atoms with Crippen molar-refractivity contribution in [3.8, 4) is 0 Å². The van der Waals surface area contributed by atoms with Gasteiger partial charge in [0.25, 0.3) is 0 Å². The van der Waals surface area contributed by atoms with Crippen LogP contribution in [0.3, 0.4) is 0 Å². The summed E-state index contributed by atoms with van der Waals surface area (Å²) in [7, 11) is 3.75. The van der Waals surface area contributed by atoms with Gasteiger partial charge in [0.15, 0.2) is 5.96 Å². The lowest BCUT2D eigenvalue weighted by Crippen LogP contribution is -2.72. The summed E-state index contributed by atoms with van der Waals surface area (Å²) in [5, 5.41) is 6.69. The van der Waals surface area contributed by atoms with Crippen molar-refractivity contribution in [2.75, 3.05) is 20.7 Å². The largest absolute Gasteiger partial charge is 0.377 e. The molecule has 3 aliphatic rings. The Morgan fingerprint density at radius 2 is 2.25 bits per heavy atom. The van der Waals surface area contributed by atoms with Crippen molar-refractivity contribution in [1.82, 2.24) is 10.6 Å². The third-order valence-electron chi connectivity index (χ3n) is 4.79. The number of guanidine groups is 1. The Bertz CT molecular complexity index is 311. The highest BCUT2D eigenvalue weighted by Crippen LogP contribution is 2.62. The lowest BCUT2D eigenvalue weighted by atomic mass is 9.46. The van der Waals surface area contributed by atoms with Crippen molar-refractivity contribution in [2.45, 2.75) is 37.8 Å². The van der Waals surface area contributed by atoms with E-state index in [9.17, 15) is 0 Å². The van der Waals surface area contributed by atoms with Crippen molar-refractivity contribution in [1.29, 1.82) is 0 Å². The van der Waals surface area contributed by atoms with Crippen LogP contribution in [-0.4, -0.2) is 38.8 Å². The molecular formula is C12H21N3O. The van der Waals surface area contributed by atoms with Gasteiger partial charge in [0.1, 0.15) is 0 Å². The van der Waals surface area contributed by atoms with E-state index in [1.807, 2.05) is 14.1 Å². The molecule has 0 bridgehead atoms. The van der Waals surface area contributed by atoms with Crippen molar-refractivity contribution in [3.63, 3.8) is 0 Å². The molecule has 3 rings (SSSR count). The Balaban J connectivity index is 1.74. The van der Waals surface area contributed by atoms with Gasteiger partial charge in [0.2, 0.25) is 0 Å². The van der Waals surface area contributed by atoms with Crippen molar-refractivity contribution >= 4 is 5.96 Å². The maximum absolute atomic E-state index is 5.89. The van der Waals surface area contributed by atoms with E-state index < -0.39 is 0 Å². The highest BCUT2D eigenvalue weighted by molar-refractivity contribution is 5.80. The van der Waals surface area contributed by atoms with Gasteiger partial charge < -0.3 is 15.4 Å². The molecule has 90 valence electrons. The zero-order chi connectivity index (χ0) is 11.2. The lowest BCUT2D eigenvalue weighted by Gasteiger charge is -2.63. The van der Waals surface area contributed by atoms with E-state index in [0.29, 0.717) is 23.5 Å². The SMILES string of the molecule is CN=C(NC)NC1C2CCOC2C12CCC2. The van der Waals surface area contributed by atoms with Crippen molar-refractivity contribution in [3.05, 3.63) is 0 Å². The number of aliphatic imine (C=N–C) groups is 1. The molecule has 2 aliphatic carbocycles. The number of rotatable bonds is 1. The summed E-state index contributed by atoms with van der Waals surface area (Å²) in [5.41, 5.74) is 0.438. The van der Waals surface area contributed by atoms with E-state index in [-0.39, 0.29) is 0 Å². The molecule has 1 aliphatic heterocycles. The summed E-state index contributed by atoms with van der Waals surface area (Å²) < 4.78 is 5.89. The molecular weight excluding hydrogens is 202 g/mol. The first-order valence-electron chi connectivity index (χ1n) is 6.34. The molecule has 2 N–H and O–H groups in total.